The van der Waals surface area contributed by atoms with Gasteiger partial charge in [-0.1, -0.05) is 127 Å². The van der Waals surface area contributed by atoms with Gasteiger partial charge in [-0.3, -0.25) is 9.80 Å². The Morgan fingerprint density at radius 2 is 1.12 bits per heavy atom. The number of aromatic nitrogens is 2. The molecular weight excluding hydrogens is 861 g/mol. The highest BCUT2D eigenvalue weighted by atomic mass is 32.1. The van der Waals surface area contributed by atoms with Crippen LogP contribution in [0.15, 0.2) is 212 Å². The van der Waals surface area contributed by atoms with Crippen LogP contribution in [0.1, 0.15) is 29.2 Å². The minimum absolute atomic E-state index is 0.552. The fourth-order valence-electron chi connectivity index (χ4n) is 10.7. The quantitative estimate of drug-likeness (QED) is 0.149. The molecule has 1 aliphatic carbocycles. The number of rotatable bonds is 7. The molecular formula is C62H38N6S. The summed E-state index contributed by atoms with van der Waals surface area (Å²) in [6, 6.07) is 76.1. The minimum atomic E-state index is -0.679. The summed E-state index contributed by atoms with van der Waals surface area (Å²) in [7, 11) is 0. The topological polar surface area (TPSA) is 60.4 Å². The molecule has 0 spiro atoms. The first-order chi connectivity index (χ1) is 34.0. The average Bonchev–Trinajstić information content (AvgIpc) is 3.93. The monoisotopic (exact) mass is 898 g/mol. The third-order valence-electron chi connectivity index (χ3n) is 13.9. The van der Waals surface area contributed by atoms with Gasteiger partial charge in [0.25, 0.3) is 0 Å². The zero-order chi connectivity index (χ0) is 46.2. The maximum Gasteiger partial charge on any atom is 0.189 e. The second-order valence-corrected chi connectivity index (χ2v) is 18.7. The molecule has 3 aromatic heterocycles. The van der Waals surface area contributed by atoms with E-state index in [-0.39, 0.29) is 0 Å². The molecule has 13 rings (SSSR count). The summed E-state index contributed by atoms with van der Waals surface area (Å²) in [6.07, 6.45) is 0. The van der Waals surface area contributed by atoms with Crippen molar-refractivity contribution >= 4 is 104 Å². The number of pyridine rings is 2. The molecule has 1 unspecified atom stereocenters. The second kappa shape index (κ2) is 15.7. The number of anilines is 6. The maximum atomic E-state index is 10.3. The van der Waals surface area contributed by atoms with Crippen molar-refractivity contribution in [2.45, 2.75) is 12.3 Å². The highest BCUT2D eigenvalue weighted by molar-refractivity contribution is 7.26. The molecule has 0 bridgehead atoms. The lowest BCUT2D eigenvalue weighted by Crippen LogP contribution is -2.23. The number of thiophene rings is 1. The smallest absolute Gasteiger partial charge is 0.189 e. The number of hydrogen-bond donors (Lipinski definition) is 0. The van der Waals surface area contributed by atoms with Crippen molar-refractivity contribution < 1.29 is 0 Å². The van der Waals surface area contributed by atoms with E-state index < -0.39 is 5.41 Å². The van der Waals surface area contributed by atoms with E-state index in [1.54, 1.807) is 0 Å². The van der Waals surface area contributed by atoms with E-state index in [0.717, 1.165) is 83.3 Å². The molecule has 1 aliphatic rings. The fraction of sp³-hybridized carbons (Fsp3) is 0.0323. The van der Waals surface area contributed by atoms with Crippen molar-refractivity contribution in [1.29, 1.82) is 5.26 Å². The van der Waals surface area contributed by atoms with Gasteiger partial charge in [-0.05, 0) is 119 Å². The van der Waals surface area contributed by atoms with Gasteiger partial charge in [0.1, 0.15) is 11.6 Å². The normalized spacial score (nSPS) is 13.9. The highest BCUT2D eigenvalue weighted by Crippen LogP contribution is 2.62. The molecule has 0 fully saturated rings. The zero-order valence-electron chi connectivity index (χ0n) is 37.3. The molecule has 12 aromatic rings. The van der Waals surface area contributed by atoms with E-state index in [1.165, 1.54) is 31.7 Å². The van der Waals surface area contributed by atoms with Gasteiger partial charge in [-0.25, -0.2) is 14.8 Å². The lowest BCUT2D eigenvalue weighted by Gasteiger charge is -2.32. The van der Waals surface area contributed by atoms with Gasteiger partial charge in [0.2, 0.25) is 0 Å². The van der Waals surface area contributed by atoms with Crippen LogP contribution in [0.4, 0.5) is 40.1 Å². The Hall–Kier alpha value is -9.14. The predicted molar refractivity (Wildman–Crippen MR) is 285 cm³/mol. The molecule has 1 atom stereocenters. The van der Waals surface area contributed by atoms with E-state index in [0.29, 0.717) is 11.3 Å². The largest absolute Gasteiger partial charge is 0.296 e. The first-order valence-corrected chi connectivity index (χ1v) is 23.7. The van der Waals surface area contributed by atoms with E-state index in [2.05, 4.69) is 179 Å². The van der Waals surface area contributed by atoms with Crippen LogP contribution in [0.2, 0.25) is 0 Å². The molecule has 6 nitrogen and oxygen atoms in total. The Morgan fingerprint density at radius 1 is 0.536 bits per heavy atom. The third kappa shape index (κ3) is 6.22. The van der Waals surface area contributed by atoms with Crippen LogP contribution in [-0.2, 0) is 5.41 Å². The van der Waals surface area contributed by atoms with Crippen molar-refractivity contribution in [2.75, 3.05) is 9.80 Å². The van der Waals surface area contributed by atoms with Gasteiger partial charge in [0.15, 0.2) is 5.69 Å². The summed E-state index contributed by atoms with van der Waals surface area (Å²) in [5.74, 6) is 1.51. The van der Waals surface area contributed by atoms with Gasteiger partial charge < -0.3 is 0 Å². The molecule has 0 amide bonds. The Morgan fingerprint density at radius 3 is 1.83 bits per heavy atom. The first-order valence-electron chi connectivity index (χ1n) is 22.9. The highest BCUT2D eigenvalue weighted by Gasteiger charge is 2.45. The van der Waals surface area contributed by atoms with E-state index in [4.69, 9.17) is 16.5 Å². The second-order valence-electron chi connectivity index (χ2n) is 17.7. The lowest BCUT2D eigenvalue weighted by atomic mass is 9.73. The molecule has 3 heterocycles. The molecule has 7 heteroatoms. The Bertz CT molecular complexity index is 4160. The number of fused-ring (bicyclic) bond motifs is 11. The maximum absolute atomic E-state index is 10.3. The van der Waals surface area contributed by atoms with Crippen molar-refractivity contribution in [2.24, 2.45) is 0 Å². The first kappa shape index (κ1) is 40.2. The van der Waals surface area contributed by atoms with Gasteiger partial charge in [0, 0.05) is 58.7 Å². The summed E-state index contributed by atoms with van der Waals surface area (Å²) in [5.41, 5.74) is 11.8. The van der Waals surface area contributed by atoms with Crippen molar-refractivity contribution in [3.05, 3.63) is 246 Å². The summed E-state index contributed by atoms with van der Waals surface area (Å²) in [6.45, 7) is 10.4. The van der Waals surface area contributed by atoms with E-state index in [1.807, 2.05) is 72.0 Å². The molecule has 322 valence electrons. The predicted octanol–water partition coefficient (Wildman–Crippen LogP) is 17.0. The van der Waals surface area contributed by atoms with Gasteiger partial charge in [-0.2, -0.15) is 5.26 Å². The van der Waals surface area contributed by atoms with Gasteiger partial charge in [0.05, 0.1) is 40.6 Å². The molecule has 69 heavy (non-hydrogen) atoms. The number of hydrogen-bond acceptors (Lipinski definition) is 6. The molecule has 0 aliphatic heterocycles. The Kier molecular flexibility index (Phi) is 9.17. The Balaban J connectivity index is 1.17. The summed E-state index contributed by atoms with van der Waals surface area (Å²) in [5, 5.41) is 16.9. The lowest BCUT2D eigenvalue weighted by molar-refractivity contribution is 0.715. The summed E-state index contributed by atoms with van der Waals surface area (Å²) < 4.78 is 2.37. The van der Waals surface area contributed by atoms with Crippen molar-refractivity contribution in [3.8, 4) is 17.2 Å². The van der Waals surface area contributed by atoms with Crippen molar-refractivity contribution in [3.63, 3.8) is 0 Å². The van der Waals surface area contributed by atoms with Gasteiger partial charge >= 0.3 is 0 Å². The third-order valence-corrected chi connectivity index (χ3v) is 15.1. The van der Waals surface area contributed by atoms with Crippen LogP contribution < -0.4 is 9.80 Å². The van der Waals surface area contributed by atoms with Crippen LogP contribution in [0.3, 0.4) is 0 Å². The van der Waals surface area contributed by atoms with Crippen LogP contribution in [0.25, 0.3) is 68.7 Å². The van der Waals surface area contributed by atoms with Gasteiger partial charge in [-0.15, -0.1) is 11.3 Å². The van der Waals surface area contributed by atoms with E-state index in [9.17, 15) is 5.26 Å². The number of nitrogens with zero attached hydrogens (tertiary/aromatic N) is 6. The van der Waals surface area contributed by atoms with Crippen LogP contribution in [-0.4, -0.2) is 9.97 Å². The molecule has 0 N–H and O–H groups in total. The zero-order valence-corrected chi connectivity index (χ0v) is 38.1. The van der Waals surface area contributed by atoms with Crippen LogP contribution in [0, 0.1) is 17.9 Å². The standard InChI is InChI=1S/C62H38N6S/c1-62(42-19-4-3-5-20-42)49-36-53(67(45-23-15-21-43(35-45)64-2)56-32-30-40-17-6-11-27-51(40)65-56)46-24-8-9-25-47(46)58(49)60-50(62)37-54(59-48-26-10-13-29-55(48)69-61(59)60)68(44-22-14-16-39(34-44)38-63)57-33-31-41-18-7-12-28-52(41)66-57/h3-37H,1H3. The SMILES string of the molecule is [C-]#[N+]c1cccc(N(c2ccc3ccccc3n2)c2cc3c(c4ccccc24)-c2c(cc(N(c4cccc(C#N)c4)c4ccc5ccccc5n4)c4c2sc2ccccc24)C3(C)c2ccccc2)c1. The van der Waals surface area contributed by atoms with Crippen LogP contribution >= 0.6 is 11.3 Å². The molecule has 0 radical (unpaired) electrons. The molecule has 9 aromatic carbocycles. The van der Waals surface area contributed by atoms with Crippen molar-refractivity contribution in [1.82, 2.24) is 9.97 Å². The molecule has 0 saturated carbocycles. The number of para-hydroxylation sites is 2. The fourth-order valence-corrected chi connectivity index (χ4v) is 12.0. The molecule has 0 saturated heterocycles. The number of nitriles is 1. The Labute approximate surface area is 402 Å². The summed E-state index contributed by atoms with van der Waals surface area (Å²) in [4.78, 5) is 19.0. The number of benzene rings is 9. The minimum Gasteiger partial charge on any atom is -0.296 e. The van der Waals surface area contributed by atoms with Crippen LogP contribution in [0.5, 0.6) is 0 Å². The van der Waals surface area contributed by atoms with E-state index >= 15 is 0 Å². The average molecular weight is 899 g/mol. The summed E-state index contributed by atoms with van der Waals surface area (Å²) >= 11 is 1.83.